The summed E-state index contributed by atoms with van der Waals surface area (Å²) < 4.78 is 24.6. The van der Waals surface area contributed by atoms with Crippen molar-refractivity contribution in [3.8, 4) is 11.5 Å². The number of nitrogens with zero attached hydrogens (tertiary/aromatic N) is 1. The van der Waals surface area contributed by atoms with E-state index in [1.807, 2.05) is 25.1 Å². The molecule has 2 aromatic rings. The van der Waals surface area contributed by atoms with Crippen LogP contribution in [0, 0.1) is 5.82 Å². The molecule has 0 fully saturated rings. The highest BCUT2D eigenvalue weighted by molar-refractivity contribution is 7.80. The minimum Gasteiger partial charge on any atom is -0.490 e. The van der Waals surface area contributed by atoms with Gasteiger partial charge in [0.25, 0.3) is 0 Å². The molecule has 28 heavy (non-hydrogen) atoms. The molecule has 4 nitrogen and oxygen atoms in total. The third-order valence-corrected chi connectivity index (χ3v) is 4.38. The molecule has 0 aliphatic rings. The average molecular weight is 405 g/mol. The molecule has 1 N–H and O–H groups in total. The minimum absolute atomic E-state index is 0.268. The van der Waals surface area contributed by atoms with Gasteiger partial charge in [0.15, 0.2) is 16.6 Å². The average Bonchev–Trinajstić information content (AvgIpc) is 2.69. The maximum atomic E-state index is 13.1. The number of nitrogens with one attached hydrogen (secondary N) is 1. The second kappa shape index (κ2) is 11.5. The van der Waals surface area contributed by atoms with Gasteiger partial charge in [-0.3, -0.25) is 0 Å². The lowest BCUT2D eigenvalue weighted by Gasteiger charge is -2.26. The molecule has 0 atom stereocenters. The van der Waals surface area contributed by atoms with E-state index in [9.17, 15) is 4.39 Å². The van der Waals surface area contributed by atoms with Crippen molar-refractivity contribution < 1.29 is 13.9 Å². The lowest BCUT2D eigenvalue weighted by Crippen LogP contribution is -2.34. The highest BCUT2D eigenvalue weighted by Crippen LogP contribution is 2.29. The van der Waals surface area contributed by atoms with Gasteiger partial charge in [0, 0.05) is 18.8 Å². The van der Waals surface area contributed by atoms with Gasteiger partial charge in [-0.15, -0.1) is 0 Å². The first-order chi connectivity index (χ1) is 13.6. The van der Waals surface area contributed by atoms with Crippen molar-refractivity contribution in [2.24, 2.45) is 0 Å². The molecule has 0 aliphatic carbocycles. The van der Waals surface area contributed by atoms with Crippen LogP contribution in [0.15, 0.2) is 42.5 Å². The van der Waals surface area contributed by atoms with Gasteiger partial charge < -0.3 is 19.7 Å². The normalized spacial score (nSPS) is 10.4. The second-order valence-electron chi connectivity index (χ2n) is 6.42. The molecule has 0 unspecified atom stereocenters. The maximum absolute atomic E-state index is 13.1. The van der Waals surface area contributed by atoms with Crippen LogP contribution in [0.2, 0.25) is 0 Å². The number of anilines is 1. The van der Waals surface area contributed by atoms with Crippen molar-refractivity contribution in [2.45, 2.75) is 40.2 Å². The van der Waals surface area contributed by atoms with Gasteiger partial charge in [0.05, 0.1) is 13.2 Å². The zero-order valence-corrected chi connectivity index (χ0v) is 17.7. The molecular weight excluding hydrogens is 375 g/mol. The predicted molar refractivity (Wildman–Crippen MR) is 117 cm³/mol. The Morgan fingerprint density at radius 2 is 1.75 bits per heavy atom. The highest BCUT2D eigenvalue weighted by atomic mass is 32.1. The van der Waals surface area contributed by atoms with E-state index in [0.29, 0.717) is 24.9 Å². The number of ether oxygens (including phenoxy) is 2. The third kappa shape index (κ3) is 6.68. The first-order valence-corrected chi connectivity index (χ1v) is 10.2. The summed E-state index contributed by atoms with van der Waals surface area (Å²) in [4.78, 5) is 2.09. The largest absolute Gasteiger partial charge is 0.490 e. The van der Waals surface area contributed by atoms with E-state index in [0.717, 1.165) is 42.1 Å². The molecule has 0 saturated carbocycles. The van der Waals surface area contributed by atoms with Crippen LogP contribution in [0.4, 0.5) is 10.1 Å². The first kappa shape index (κ1) is 22.0. The number of rotatable bonds is 10. The van der Waals surface area contributed by atoms with Crippen molar-refractivity contribution in [3.05, 3.63) is 53.8 Å². The Bertz CT molecular complexity index is 753. The Morgan fingerprint density at radius 3 is 2.39 bits per heavy atom. The molecule has 2 aromatic carbocycles. The van der Waals surface area contributed by atoms with Crippen LogP contribution in [0.5, 0.6) is 11.5 Å². The third-order valence-electron chi connectivity index (χ3n) is 4.02. The van der Waals surface area contributed by atoms with Crippen LogP contribution in [-0.2, 0) is 6.54 Å². The molecule has 152 valence electrons. The lowest BCUT2D eigenvalue weighted by molar-refractivity contribution is 0.276. The quantitative estimate of drug-likeness (QED) is 0.520. The molecule has 0 aliphatic heterocycles. The summed E-state index contributed by atoms with van der Waals surface area (Å²) in [6.07, 6.45) is 1.90. The van der Waals surface area contributed by atoms with Crippen LogP contribution < -0.4 is 14.8 Å². The van der Waals surface area contributed by atoms with Gasteiger partial charge in [-0.2, -0.15) is 0 Å². The summed E-state index contributed by atoms with van der Waals surface area (Å²) in [6.45, 7) is 8.84. The first-order valence-electron chi connectivity index (χ1n) is 9.77. The van der Waals surface area contributed by atoms with E-state index >= 15 is 0 Å². The SMILES string of the molecule is CCCOc1ccc(CN(CCC)C(=S)Nc2ccc(F)cc2)cc1OCC. The molecular formula is C22H29FN2O2S. The standard InChI is InChI=1S/C22H29FN2O2S/c1-4-13-25(22(28)24-19-10-8-18(23)9-11-19)16-17-7-12-20(27-14-5-2)21(15-17)26-6-3/h7-12,15H,4-6,13-14,16H2,1-3H3,(H,24,28). The Hall–Kier alpha value is -2.34. The number of thiocarbonyl (C=S) groups is 1. The molecule has 6 heteroatoms. The second-order valence-corrected chi connectivity index (χ2v) is 6.81. The number of halogens is 1. The lowest BCUT2D eigenvalue weighted by atomic mass is 10.2. The fraction of sp³-hybridized carbons (Fsp3) is 0.409. The Morgan fingerprint density at radius 1 is 1.00 bits per heavy atom. The van der Waals surface area contributed by atoms with Gasteiger partial charge in [-0.1, -0.05) is 19.9 Å². The van der Waals surface area contributed by atoms with E-state index in [1.165, 1.54) is 12.1 Å². The fourth-order valence-corrected chi connectivity index (χ4v) is 3.00. The Kier molecular flexibility index (Phi) is 9.01. The molecule has 0 aromatic heterocycles. The van der Waals surface area contributed by atoms with Crippen LogP contribution >= 0.6 is 12.2 Å². The molecule has 0 radical (unpaired) electrons. The molecule has 0 spiro atoms. The van der Waals surface area contributed by atoms with E-state index in [4.69, 9.17) is 21.7 Å². The molecule has 0 heterocycles. The van der Waals surface area contributed by atoms with Crippen molar-refractivity contribution in [1.82, 2.24) is 4.90 Å². The summed E-state index contributed by atoms with van der Waals surface area (Å²) in [6, 6.07) is 12.2. The molecule has 0 bridgehead atoms. The van der Waals surface area contributed by atoms with Gasteiger partial charge in [0.2, 0.25) is 0 Å². The smallest absolute Gasteiger partial charge is 0.173 e. The van der Waals surface area contributed by atoms with E-state index in [-0.39, 0.29) is 5.82 Å². The molecule has 0 saturated heterocycles. The van der Waals surface area contributed by atoms with Crippen LogP contribution in [0.3, 0.4) is 0 Å². The topological polar surface area (TPSA) is 33.7 Å². The summed E-state index contributed by atoms with van der Waals surface area (Å²) in [5.41, 5.74) is 1.86. The van der Waals surface area contributed by atoms with Gasteiger partial charge >= 0.3 is 0 Å². The Balaban J connectivity index is 2.12. The summed E-state index contributed by atoms with van der Waals surface area (Å²) in [5, 5.41) is 3.80. The number of benzene rings is 2. The van der Waals surface area contributed by atoms with Gasteiger partial charge in [-0.05, 0) is 73.9 Å². The fourth-order valence-electron chi connectivity index (χ4n) is 2.73. The van der Waals surface area contributed by atoms with Crippen LogP contribution in [-0.4, -0.2) is 29.8 Å². The van der Waals surface area contributed by atoms with Crippen LogP contribution in [0.25, 0.3) is 0 Å². The number of hydrogen-bond acceptors (Lipinski definition) is 3. The zero-order chi connectivity index (χ0) is 20.4. The highest BCUT2D eigenvalue weighted by Gasteiger charge is 2.13. The summed E-state index contributed by atoms with van der Waals surface area (Å²) in [7, 11) is 0. The molecule has 2 rings (SSSR count). The Labute approximate surface area is 172 Å². The van der Waals surface area contributed by atoms with E-state index in [2.05, 4.69) is 24.1 Å². The van der Waals surface area contributed by atoms with Crippen molar-refractivity contribution in [2.75, 3.05) is 25.1 Å². The zero-order valence-electron chi connectivity index (χ0n) is 16.8. The molecule has 0 amide bonds. The predicted octanol–water partition coefficient (Wildman–Crippen LogP) is 5.62. The summed E-state index contributed by atoms with van der Waals surface area (Å²) >= 11 is 5.59. The minimum atomic E-state index is -0.268. The van der Waals surface area contributed by atoms with Gasteiger partial charge in [0.1, 0.15) is 5.82 Å². The van der Waals surface area contributed by atoms with Crippen LogP contribution in [0.1, 0.15) is 39.2 Å². The van der Waals surface area contributed by atoms with Gasteiger partial charge in [-0.25, -0.2) is 4.39 Å². The van der Waals surface area contributed by atoms with Crippen molar-refractivity contribution in [1.29, 1.82) is 0 Å². The number of hydrogen-bond donors (Lipinski definition) is 1. The maximum Gasteiger partial charge on any atom is 0.173 e. The van der Waals surface area contributed by atoms with Crippen molar-refractivity contribution >= 4 is 23.0 Å². The monoisotopic (exact) mass is 404 g/mol. The van der Waals surface area contributed by atoms with E-state index < -0.39 is 0 Å². The van der Waals surface area contributed by atoms with Crippen molar-refractivity contribution in [3.63, 3.8) is 0 Å². The summed E-state index contributed by atoms with van der Waals surface area (Å²) in [5.74, 6) is 1.25. The van der Waals surface area contributed by atoms with E-state index in [1.54, 1.807) is 12.1 Å².